The number of pyridine rings is 2. The van der Waals surface area contributed by atoms with Gasteiger partial charge < -0.3 is 5.32 Å². The number of carbonyl (C=O) groups is 2. The molecule has 0 aliphatic heterocycles. The van der Waals surface area contributed by atoms with Crippen molar-refractivity contribution in [2.75, 3.05) is 10.2 Å². The van der Waals surface area contributed by atoms with E-state index in [0.29, 0.717) is 11.3 Å². The molecule has 0 aliphatic carbocycles. The number of anilines is 2. The van der Waals surface area contributed by atoms with E-state index in [4.69, 9.17) is 0 Å². The Morgan fingerprint density at radius 2 is 1.91 bits per heavy atom. The first-order chi connectivity index (χ1) is 15.9. The molecule has 0 saturated carbocycles. The molecule has 3 rings (SSSR count). The van der Waals surface area contributed by atoms with E-state index in [1.54, 1.807) is 30.7 Å². The molecule has 33 heavy (non-hydrogen) atoms. The zero-order chi connectivity index (χ0) is 24.0. The quantitative estimate of drug-likeness (QED) is 0.476. The second kappa shape index (κ2) is 10.7. The number of aromatic nitrogens is 2. The average molecular weight is 443 g/mol. The standard InChI is InChI=1S/C27H30N4O2/c1-6-20-11-8-10-19(5)25(20)30-27(33)26(21-12-9-15-28-16-21)31(24(32)7-2)22-13-14-23(18(3)4)29-17-22/h7-18,26H,2,6H2,1,3-5H3,(H,30,33). The fourth-order valence-corrected chi connectivity index (χ4v) is 3.73. The smallest absolute Gasteiger partial charge is 0.252 e. The summed E-state index contributed by atoms with van der Waals surface area (Å²) in [5, 5.41) is 3.07. The van der Waals surface area contributed by atoms with Gasteiger partial charge in [-0.2, -0.15) is 0 Å². The summed E-state index contributed by atoms with van der Waals surface area (Å²) >= 11 is 0. The molecule has 3 aromatic rings. The highest BCUT2D eigenvalue weighted by atomic mass is 16.2. The topological polar surface area (TPSA) is 75.2 Å². The molecule has 170 valence electrons. The Morgan fingerprint density at radius 1 is 1.12 bits per heavy atom. The van der Waals surface area contributed by atoms with E-state index in [1.165, 1.54) is 11.0 Å². The third kappa shape index (κ3) is 5.34. The van der Waals surface area contributed by atoms with Crippen molar-refractivity contribution in [3.05, 3.63) is 96.1 Å². The lowest BCUT2D eigenvalue weighted by Gasteiger charge is -2.30. The minimum absolute atomic E-state index is 0.244. The molecule has 6 heteroatoms. The summed E-state index contributed by atoms with van der Waals surface area (Å²) in [5.41, 5.74) is 4.74. The van der Waals surface area contributed by atoms with Crippen LogP contribution in [0.2, 0.25) is 0 Å². The maximum absolute atomic E-state index is 13.8. The zero-order valence-corrected chi connectivity index (χ0v) is 19.6. The van der Waals surface area contributed by atoms with Crippen LogP contribution in [0, 0.1) is 6.92 Å². The summed E-state index contributed by atoms with van der Waals surface area (Å²) in [6, 6.07) is 12.2. The molecule has 1 N–H and O–H groups in total. The Labute approximate surface area is 195 Å². The van der Waals surface area contributed by atoms with Crippen LogP contribution in [0.15, 0.2) is 73.7 Å². The van der Waals surface area contributed by atoms with Crippen LogP contribution in [0.5, 0.6) is 0 Å². The van der Waals surface area contributed by atoms with E-state index in [9.17, 15) is 9.59 Å². The summed E-state index contributed by atoms with van der Waals surface area (Å²) in [5.74, 6) is -0.498. The number of carbonyl (C=O) groups excluding carboxylic acids is 2. The maximum atomic E-state index is 13.8. The van der Waals surface area contributed by atoms with Crippen LogP contribution < -0.4 is 10.2 Å². The van der Waals surface area contributed by atoms with E-state index in [1.807, 2.05) is 58.0 Å². The number of hydrogen-bond donors (Lipinski definition) is 1. The van der Waals surface area contributed by atoms with Gasteiger partial charge in [-0.1, -0.05) is 51.6 Å². The van der Waals surface area contributed by atoms with Gasteiger partial charge in [-0.25, -0.2) is 0 Å². The minimum Gasteiger partial charge on any atom is -0.323 e. The second-order valence-corrected chi connectivity index (χ2v) is 8.15. The van der Waals surface area contributed by atoms with Gasteiger partial charge in [0.15, 0.2) is 0 Å². The van der Waals surface area contributed by atoms with Gasteiger partial charge >= 0.3 is 0 Å². The predicted molar refractivity (Wildman–Crippen MR) is 132 cm³/mol. The Balaban J connectivity index is 2.11. The monoisotopic (exact) mass is 442 g/mol. The van der Waals surface area contributed by atoms with Crippen molar-refractivity contribution in [3.8, 4) is 0 Å². The first kappa shape index (κ1) is 23.9. The van der Waals surface area contributed by atoms with Crippen LogP contribution in [0.25, 0.3) is 0 Å². The molecule has 2 heterocycles. The summed E-state index contributed by atoms with van der Waals surface area (Å²) in [6.07, 6.45) is 6.83. The van der Waals surface area contributed by atoms with E-state index in [0.717, 1.165) is 28.9 Å². The number of hydrogen-bond acceptors (Lipinski definition) is 4. The predicted octanol–water partition coefficient (Wildman–Crippen LogP) is 5.37. The van der Waals surface area contributed by atoms with Gasteiger partial charge in [-0.05, 0) is 54.7 Å². The van der Waals surface area contributed by atoms with Gasteiger partial charge in [-0.15, -0.1) is 0 Å². The van der Waals surface area contributed by atoms with Gasteiger partial charge in [0.05, 0.1) is 11.9 Å². The van der Waals surface area contributed by atoms with Crippen molar-refractivity contribution in [2.45, 2.75) is 46.1 Å². The molecule has 2 aromatic heterocycles. The highest BCUT2D eigenvalue weighted by molar-refractivity contribution is 6.09. The van der Waals surface area contributed by atoms with Crippen LogP contribution >= 0.6 is 0 Å². The number of nitrogens with one attached hydrogen (secondary N) is 1. The zero-order valence-electron chi connectivity index (χ0n) is 19.6. The Hall–Kier alpha value is -3.80. The SMILES string of the molecule is C=CC(=O)N(c1ccc(C(C)C)nc1)C(C(=O)Nc1c(C)cccc1CC)c1cccnc1. The highest BCUT2D eigenvalue weighted by Gasteiger charge is 2.32. The molecular weight excluding hydrogens is 412 g/mol. The van der Waals surface area contributed by atoms with Crippen LogP contribution in [-0.4, -0.2) is 21.8 Å². The molecule has 0 aliphatic rings. The summed E-state index contributed by atoms with van der Waals surface area (Å²) in [7, 11) is 0. The van der Waals surface area contributed by atoms with Crippen LogP contribution in [0.1, 0.15) is 55.1 Å². The van der Waals surface area contributed by atoms with Gasteiger partial charge in [-0.3, -0.25) is 24.5 Å². The minimum atomic E-state index is -0.958. The molecule has 1 atom stereocenters. The van der Waals surface area contributed by atoms with Crippen molar-refractivity contribution in [1.29, 1.82) is 0 Å². The normalized spacial score (nSPS) is 11.7. The first-order valence-electron chi connectivity index (χ1n) is 11.1. The number of benzene rings is 1. The van der Waals surface area contributed by atoms with Crippen molar-refractivity contribution in [3.63, 3.8) is 0 Å². The third-order valence-electron chi connectivity index (χ3n) is 5.55. The fourth-order valence-electron chi connectivity index (χ4n) is 3.73. The molecule has 6 nitrogen and oxygen atoms in total. The average Bonchev–Trinajstić information content (AvgIpc) is 2.83. The first-order valence-corrected chi connectivity index (χ1v) is 11.1. The molecule has 1 unspecified atom stereocenters. The van der Waals surface area contributed by atoms with Crippen LogP contribution in [-0.2, 0) is 16.0 Å². The maximum Gasteiger partial charge on any atom is 0.252 e. The summed E-state index contributed by atoms with van der Waals surface area (Å²) < 4.78 is 0. The molecule has 0 bridgehead atoms. The van der Waals surface area contributed by atoms with Crippen molar-refractivity contribution < 1.29 is 9.59 Å². The van der Waals surface area contributed by atoms with Crippen LogP contribution in [0.3, 0.4) is 0 Å². The molecule has 0 saturated heterocycles. The lowest BCUT2D eigenvalue weighted by molar-refractivity contribution is -0.121. The molecule has 0 radical (unpaired) electrons. The molecule has 2 amide bonds. The van der Waals surface area contributed by atoms with Crippen molar-refractivity contribution in [1.82, 2.24) is 9.97 Å². The van der Waals surface area contributed by atoms with Gasteiger partial charge in [0.25, 0.3) is 11.8 Å². The van der Waals surface area contributed by atoms with E-state index in [-0.39, 0.29) is 11.8 Å². The summed E-state index contributed by atoms with van der Waals surface area (Å²) in [6.45, 7) is 11.7. The third-order valence-corrected chi connectivity index (χ3v) is 5.55. The van der Waals surface area contributed by atoms with Crippen molar-refractivity contribution >= 4 is 23.2 Å². The number of nitrogens with zero attached hydrogens (tertiary/aromatic N) is 3. The Morgan fingerprint density at radius 3 is 2.48 bits per heavy atom. The molecule has 1 aromatic carbocycles. The molecule has 0 spiro atoms. The molecular formula is C27H30N4O2. The second-order valence-electron chi connectivity index (χ2n) is 8.15. The lowest BCUT2D eigenvalue weighted by Crippen LogP contribution is -2.41. The van der Waals surface area contributed by atoms with E-state index < -0.39 is 11.9 Å². The number of rotatable bonds is 8. The highest BCUT2D eigenvalue weighted by Crippen LogP contribution is 2.31. The lowest BCUT2D eigenvalue weighted by atomic mass is 10.0. The Kier molecular flexibility index (Phi) is 7.72. The van der Waals surface area contributed by atoms with Gasteiger partial charge in [0, 0.05) is 29.3 Å². The number of para-hydroxylation sites is 1. The Bertz CT molecular complexity index is 1120. The van der Waals surface area contributed by atoms with Gasteiger partial charge in [0.1, 0.15) is 6.04 Å². The number of amides is 2. The largest absolute Gasteiger partial charge is 0.323 e. The summed E-state index contributed by atoms with van der Waals surface area (Å²) in [4.78, 5) is 36.9. The number of aryl methyl sites for hydroxylation is 2. The van der Waals surface area contributed by atoms with Gasteiger partial charge in [0.2, 0.25) is 0 Å². The van der Waals surface area contributed by atoms with E-state index in [2.05, 4.69) is 21.9 Å². The van der Waals surface area contributed by atoms with E-state index >= 15 is 0 Å². The van der Waals surface area contributed by atoms with Crippen LogP contribution in [0.4, 0.5) is 11.4 Å². The fraction of sp³-hybridized carbons (Fsp3) is 0.259. The van der Waals surface area contributed by atoms with Crippen molar-refractivity contribution in [2.24, 2.45) is 0 Å². The molecule has 0 fully saturated rings.